The first-order valence-corrected chi connectivity index (χ1v) is 5.92. The van der Waals surface area contributed by atoms with E-state index in [-0.39, 0.29) is 16.6 Å². The van der Waals surface area contributed by atoms with Crippen LogP contribution in [0.1, 0.15) is 45.7 Å². The summed E-state index contributed by atoms with van der Waals surface area (Å²) in [5.74, 6) is -0.706. The molecule has 0 unspecified atom stereocenters. The molecule has 1 aromatic rings. The van der Waals surface area contributed by atoms with E-state index in [4.69, 9.17) is 5.11 Å². The monoisotopic (exact) mass is 224 g/mol. The molecular weight excluding hydrogens is 212 g/mol. The molecule has 0 aliphatic heterocycles. The molecule has 0 amide bonds. The van der Waals surface area contributed by atoms with Gasteiger partial charge in [0, 0.05) is 16.9 Å². The second-order valence-electron chi connectivity index (χ2n) is 3.85. The lowest BCUT2D eigenvalue weighted by atomic mass is 9.98. The summed E-state index contributed by atoms with van der Waals surface area (Å²) in [7, 11) is 0. The van der Waals surface area contributed by atoms with E-state index >= 15 is 0 Å². The average Bonchev–Trinajstić information content (AvgIpc) is 2.88. The van der Waals surface area contributed by atoms with Gasteiger partial charge in [-0.05, 0) is 18.9 Å². The fourth-order valence-corrected chi connectivity index (χ4v) is 2.74. The summed E-state index contributed by atoms with van der Waals surface area (Å²) in [6.07, 6.45) is 4.15. The summed E-state index contributed by atoms with van der Waals surface area (Å²) < 4.78 is 0. The van der Waals surface area contributed by atoms with Gasteiger partial charge in [0.25, 0.3) is 0 Å². The molecule has 0 bridgehead atoms. The molecule has 3 nitrogen and oxygen atoms in total. The molecule has 0 saturated heterocycles. The van der Waals surface area contributed by atoms with Crippen molar-refractivity contribution in [2.24, 2.45) is 5.92 Å². The van der Waals surface area contributed by atoms with Crippen LogP contribution in [0.5, 0.6) is 0 Å². The van der Waals surface area contributed by atoms with Gasteiger partial charge in [-0.25, -0.2) is 4.79 Å². The van der Waals surface area contributed by atoms with Crippen LogP contribution in [-0.4, -0.2) is 16.9 Å². The zero-order valence-electron chi connectivity index (χ0n) is 8.23. The predicted molar refractivity (Wildman–Crippen MR) is 57.6 cm³/mol. The topological polar surface area (TPSA) is 54.4 Å². The van der Waals surface area contributed by atoms with Crippen LogP contribution in [0.3, 0.4) is 0 Å². The number of ketones is 1. The van der Waals surface area contributed by atoms with Gasteiger partial charge in [0.1, 0.15) is 4.88 Å². The van der Waals surface area contributed by atoms with E-state index in [1.165, 1.54) is 6.07 Å². The first kappa shape index (κ1) is 10.4. The summed E-state index contributed by atoms with van der Waals surface area (Å²) in [6, 6.07) is 1.49. The van der Waals surface area contributed by atoms with Crippen molar-refractivity contribution in [2.45, 2.75) is 25.7 Å². The molecule has 1 N–H and O–H groups in total. The van der Waals surface area contributed by atoms with Crippen molar-refractivity contribution < 1.29 is 14.7 Å². The molecule has 1 fully saturated rings. The molecule has 0 radical (unpaired) electrons. The molecule has 1 aliphatic rings. The van der Waals surface area contributed by atoms with Gasteiger partial charge in [-0.1, -0.05) is 12.8 Å². The Morgan fingerprint density at radius 2 is 2.00 bits per heavy atom. The number of carboxylic acid groups (broad SMARTS) is 1. The minimum absolute atomic E-state index is 0.122. The molecule has 1 aliphatic carbocycles. The zero-order chi connectivity index (χ0) is 10.8. The highest BCUT2D eigenvalue weighted by atomic mass is 32.1. The fourth-order valence-electron chi connectivity index (χ4n) is 2.00. The Morgan fingerprint density at radius 3 is 2.53 bits per heavy atom. The summed E-state index contributed by atoms with van der Waals surface area (Å²) >= 11 is 1.12. The molecule has 2 rings (SSSR count). The van der Waals surface area contributed by atoms with Gasteiger partial charge in [-0.2, -0.15) is 0 Å². The molecule has 15 heavy (non-hydrogen) atoms. The van der Waals surface area contributed by atoms with Crippen LogP contribution in [0.4, 0.5) is 0 Å². The number of carbonyl (C=O) groups is 2. The van der Waals surface area contributed by atoms with E-state index < -0.39 is 5.97 Å². The zero-order valence-corrected chi connectivity index (χ0v) is 9.05. The van der Waals surface area contributed by atoms with Crippen molar-refractivity contribution in [3.63, 3.8) is 0 Å². The van der Waals surface area contributed by atoms with E-state index in [1.807, 2.05) is 0 Å². The van der Waals surface area contributed by atoms with E-state index in [0.29, 0.717) is 5.56 Å². The highest BCUT2D eigenvalue weighted by molar-refractivity contribution is 7.12. The number of aromatic carboxylic acids is 1. The minimum atomic E-state index is -0.953. The standard InChI is InChI=1S/C11H12O3S/c12-10(7-3-1-2-4-7)8-5-9(11(13)14)15-6-8/h5-7H,1-4H2,(H,13,14). The molecule has 1 aromatic heterocycles. The third kappa shape index (κ3) is 2.09. The molecule has 4 heteroatoms. The van der Waals surface area contributed by atoms with Crippen LogP contribution < -0.4 is 0 Å². The van der Waals surface area contributed by atoms with Crippen molar-refractivity contribution in [2.75, 3.05) is 0 Å². The SMILES string of the molecule is O=C(O)c1cc(C(=O)C2CCCC2)cs1. The van der Waals surface area contributed by atoms with Crippen LogP contribution in [0.25, 0.3) is 0 Å². The number of carbonyl (C=O) groups excluding carboxylic acids is 1. The Balaban J connectivity index is 2.14. The summed E-state index contributed by atoms with van der Waals surface area (Å²) in [4.78, 5) is 22.8. The maximum absolute atomic E-state index is 11.9. The molecule has 80 valence electrons. The van der Waals surface area contributed by atoms with Gasteiger partial charge in [-0.3, -0.25) is 4.79 Å². The Labute approximate surface area is 91.7 Å². The Hall–Kier alpha value is -1.16. The van der Waals surface area contributed by atoms with Gasteiger partial charge in [0.15, 0.2) is 5.78 Å². The fraction of sp³-hybridized carbons (Fsp3) is 0.455. The highest BCUT2D eigenvalue weighted by Gasteiger charge is 2.24. The number of hydrogen-bond acceptors (Lipinski definition) is 3. The predicted octanol–water partition coefficient (Wildman–Crippen LogP) is 2.82. The second-order valence-corrected chi connectivity index (χ2v) is 4.76. The van der Waals surface area contributed by atoms with E-state index in [9.17, 15) is 9.59 Å². The normalized spacial score (nSPS) is 16.8. The van der Waals surface area contributed by atoms with Gasteiger partial charge in [0.2, 0.25) is 0 Å². The number of carboxylic acids is 1. The first-order valence-electron chi connectivity index (χ1n) is 5.04. The van der Waals surface area contributed by atoms with Crippen molar-refractivity contribution in [1.29, 1.82) is 0 Å². The van der Waals surface area contributed by atoms with Crippen molar-refractivity contribution in [1.82, 2.24) is 0 Å². The molecule has 0 aromatic carbocycles. The number of Topliss-reactive ketones (excluding diaryl/α,β-unsaturated/α-hetero) is 1. The molecular formula is C11H12O3S. The quantitative estimate of drug-likeness (QED) is 0.803. The Morgan fingerprint density at radius 1 is 1.33 bits per heavy atom. The molecule has 1 heterocycles. The van der Waals surface area contributed by atoms with Crippen molar-refractivity contribution in [3.05, 3.63) is 21.9 Å². The van der Waals surface area contributed by atoms with Gasteiger partial charge >= 0.3 is 5.97 Å². The minimum Gasteiger partial charge on any atom is -0.477 e. The lowest BCUT2D eigenvalue weighted by Gasteiger charge is -2.04. The van der Waals surface area contributed by atoms with Crippen LogP contribution in [0.2, 0.25) is 0 Å². The van der Waals surface area contributed by atoms with Crippen LogP contribution in [0, 0.1) is 5.92 Å². The number of hydrogen-bond donors (Lipinski definition) is 1. The number of rotatable bonds is 3. The second kappa shape index (κ2) is 4.14. The van der Waals surface area contributed by atoms with Gasteiger partial charge in [-0.15, -0.1) is 11.3 Å². The lowest BCUT2D eigenvalue weighted by molar-refractivity contribution is 0.0702. The van der Waals surface area contributed by atoms with E-state index in [1.54, 1.807) is 5.38 Å². The first-order chi connectivity index (χ1) is 7.18. The number of thiophene rings is 1. The van der Waals surface area contributed by atoms with Crippen LogP contribution in [0.15, 0.2) is 11.4 Å². The summed E-state index contributed by atoms with van der Waals surface area (Å²) in [5, 5.41) is 10.4. The highest BCUT2D eigenvalue weighted by Crippen LogP contribution is 2.29. The van der Waals surface area contributed by atoms with Crippen molar-refractivity contribution >= 4 is 23.1 Å². The Kier molecular flexibility index (Phi) is 2.86. The third-order valence-electron chi connectivity index (χ3n) is 2.82. The third-order valence-corrected chi connectivity index (χ3v) is 3.74. The molecule has 0 atom stereocenters. The molecule has 0 spiro atoms. The van der Waals surface area contributed by atoms with Crippen LogP contribution in [-0.2, 0) is 0 Å². The van der Waals surface area contributed by atoms with E-state index in [0.717, 1.165) is 37.0 Å². The van der Waals surface area contributed by atoms with E-state index in [2.05, 4.69) is 0 Å². The summed E-state index contributed by atoms with van der Waals surface area (Å²) in [6.45, 7) is 0. The largest absolute Gasteiger partial charge is 0.477 e. The maximum Gasteiger partial charge on any atom is 0.345 e. The maximum atomic E-state index is 11.9. The average molecular weight is 224 g/mol. The Bertz CT molecular complexity index is 388. The smallest absolute Gasteiger partial charge is 0.345 e. The lowest BCUT2D eigenvalue weighted by Crippen LogP contribution is -2.09. The van der Waals surface area contributed by atoms with Crippen molar-refractivity contribution in [3.8, 4) is 0 Å². The van der Waals surface area contributed by atoms with Crippen LogP contribution >= 0.6 is 11.3 Å². The molecule has 1 saturated carbocycles. The van der Waals surface area contributed by atoms with Gasteiger partial charge < -0.3 is 5.11 Å². The van der Waals surface area contributed by atoms with Gasteiger partial charge in [0.05, 0.1) is 0 Å². The summed E-state index contributed by atoms with van der Waals surface area (Å²) in [5.41, 5.74) is 0.573.